The quantitative estimate of drug-likeness (QED) is 0.628. The van der Waals surface area contributed by atoms with E-state index in [-0.39, 0.29) is 11.7 Å². The first-order valence-corrected chi connectivity index (χ1v) is 5.25. The Morgan fingerprint density at radius 1 is 1.60 bits per heavy atom. The molecule has 1 aliphatic rings. The number of halogens is 1. The Kier molecular flexibility index (Phi) is 2.62. The van der Waals surface area contributed by atoms with Gasteiger partial charge in [0.1, 0.15) is 0 Å². The Morgan fingerprint density at radius 2 is 2.33 bits per heavy atom. The predicted molar refractivity (Wildman–Crippen MR) is 57.8 cm³/mol. The Labute approximate surface area is 94.5 Å². The number of nitrogens with zero attached hydrogens (tertiary/aromatic N) is 1. The molecule has 5 nitrogen and oxygen atoms in total. The normalized spacial score (nSPS) is 19.2. The van der Waals surface area contributed by atoms with E-state index in [0.717, 1.165) is 0 Å². The van der Waals surface area contributed by atoms with Gasteiger partial charge in [0.2, 0.25) is 5.75 Å². The summed E-state index contributed by atoms with van der Waals surface area (Å²) in [5.74, 6) is 0.307. The molecule has 1 aromatic carbocycles. The molecule has 0 fully saturated rings. The van der Waals surface area contributed by atoms with Gasteiger partial charge in [0, 0.05) is 28.6 Å². The number of nitro groups is 1. The van der Waals surface area contributed by atoms with Gasteiger partial charge in [-0.15, -0.1) is 0 Å². The van der Waals surface area contributed by atoms with Crippen molar-refractivity contribution in [2.45, 2.75) is 12.5 Å². The van der Waals surface area contributed by atoms with E-state index in [9.17, 15) is 10.1 Å². The molecule has 1 atom stereocenters. The summed E-state index contributed by atoms with van der Waals surface area (Å²) in [5.41, 5.74) is 6.52. The van der Waals surface area contributed by atoms with Gasteiger partial charge < -0.3 is 10.5 Å². The number of hydrogen-bond donors (Lipinski definition) is 1. The minimum atomic E-state index is -0.457. The standard InChI is InChI=1S/C9H9BrN2O3/c10-5-3-6-7(11)1-2-15-9(6)8(4-5)12(13)14/h3-4,7H,1-2,11H2/t7-/m1/s1. The summed E-state index contributed by atoms with van der Waals surface area (Å²) in [7, 11) is 0. The van der Waals surface area contributed by atoms with E-state index in [1.807, 2.05) is 0 Å². The molecule has 0 radical (unpaired) electrons. The van der Waals surface area contributed by atoms with Crippen molar-refractivity contribution in [3.05, 3.63) is 32.3 Å². The lowest BCUT2D eigenvalue weighted by atomic mass is 10.0. The molecule has 0 unspecified atom stereocenters. The van der Waals surface area contributed by atoms with Gasteiger partial charge in [-0.05, 0) is 6.07 Å². The van der Waals surface area contributed by atoms with Crippen molar-refractivity contribution >= 4 is 21.6 Å². The first-order valence-electron chi connectivity index (χ1n) is 4.46. The topological polar surface area (TPSA) is 78.4 Å². The highest BCUT2D eigenvalue weighted by molar-refractivity contribution is 9.10. The van der Waals surface area contributed by atoms with Crippen LogP contribution in [0.4, 0.5) is 5.69 Å². The Bertz CT molecular complexity index is 422. The van der Waals surface area contributed by atoms with Gasteiger partial charge in [-0.3, -0.25) is 10.1 Å². The number of ether oxygens (including phenoxy) is 1. The first-order chi connectivity index (χ1) is 7.09. The van der Waals surface area contributed by atoms with Gasteiger partial charge in [-0.1, -0.05) is 15.9 Å². The fourth-order valence-electron chi connectivity index (χ4n) is 1.61. The number of nitro benzene ring substituents is 1. The highest BCUT2D eigenvalue weighted by Crippen LogP contribution is 2.40. The van der Waals surface area contributed by atoms with Crippen LogP contribution in [0.25, 0.3) is 0 Å². The lowest BCUT2D eigenvalue weighted by Gasteiger charge is -2.22. The zero-order valence-corrected chi connectivity index (χ0v) is 9.36. The van der Waals surface area contributed by atoms with Gasteiger partial charge in [0.15, 0.2) is 0 Å². The van der Waals surface area contributed by atoms with E-state index in [0.29, 0.717) is 28.8 Å². The Balaban J connectivity index is 2.62. The van der Waals surface area contributed by atoms with Crippen LogP contribution in [0, 0.1) is 10.1 Å². The second-order valence-electron chi connectivity index (χ2n) is 3.34. The third kappa shape index (κ3) is 1.82. The first kappa shape index (κ1) is 10.4. The molecule has 80 valence electrons. The van der Waals surface area contributed by atoms with Crippen molar-refractivity contribution in [2.75, 3.05) is 6.61 Å². The van der Waals surface area contributed by atoms with Crippen molar-refractivity contribution in [1.82, 2.24) is 0 Å². The molecule has 15 heavy (non-hydrogen) atoms. The molecule has 1 aliphatic heterocycles. The van der Waals surface area contributed by atoms with Crippen molar-refractivity contribution in [3.8, 4) is 5.75 Å². The van der Waals surface area contributed by atoms with Crippen LogP contribution < -0.4 is 10.5 Å². The van der Waals surface area contributed by atoms with Crippen LogP contribution in [-0.2, 0) is 0 Å². The second kappa shape index (κ2) is 3.79. The molecule has 1 aromatic rings. The van der Waals surface area contributed by atoms with Crippen molar-refractivity contribution in [3.63, 3.8) is 0 Å². The van der Waals surface area contributed by atoms with Crippen LogP contribution in [-0.4, -0.2) is 11.5 Å². The molecular formula is C9H9BrN2O3. The number of nitrogens with two attached hydrogens (primary N) is 1. The minimum absolute atomic E-state index is 0.0328. The number of hydrogen-bond acceptors (Lipinski definition) is 4. The van der Waals surface area contributed by atoms with Gasteiger partial charge in [0.05, 0.1) is 11.5 Å². The van der Waals surface area contributed by atoms with Crippen LogP contribution in [0.2, 0.25) is 0 Å². The van der Waals surface area contributed by atoms with Crippen molar-refractivity contribution < 1.29 is 9.66 Å². The average molecular weight is 273 g/mol. The number of fused-ring (bicyclic) bond motifs is 1. The minimum Gasteiger partial charge on any atom is -0.487 e. The van der Waals surface area contributed by atoms with Gasteiger partial charge in [-0.2, -0.15) is 0 Å². The second-order valence-corrected chi connectivity index (χ2v) is 4.26. The van der Waals surface area contributed by atoms with E-state index in [2.05, 4.69) is 15.9 Å². The highest BCUT2D eigenvalue weighted by atomic mass is 79.9. The molecule has 1 heterocycles. The summed E-state index contributed by atoms with van der Waals surface area (Å²) < 4.78 is 5.95. The zero-order valence-electron chi connectivity index (χ0n) is 7.77. The average Bonchev–Trinajstić information content (AvgIpc) is 2.18. The van der Waals surface area contributed by atoms with Crippen molar-refractivity contribution in [2.24, 2.45) is 5.73 Å². The summed E-state index contributed by atoms with van der Waals surface area (Å²) in [6.45, 7) is 0.427. The van der Waals surface area contributed by atoms with Crippen LogP contribution in [0.15, 0.2) is 16.6 Å². The Morgan fingerprint density at radius 3 is 3.00 bits per heavy atom. The fraction of sp³-hybridized carbons (Fsp3) is 0.333. The molecule has 0 saturated heterocycles. The van der Waals surface area contributed by atoms with Gasteiger partial charge in [0.25, 0.3) is 0 Å². The molecule has 0 aromatic heterocycles. The zero-order chi connectivity index (χ0) is 11.0. The third-order valence-corrected chi connectivity index (χ3v) is 2.79. The third-order valence-electron chi connectivity index (χ3n) is 2.33. The summed E-state index contributed by atoms with van der Waals surface area (Å²) in [5, 5.41) is 10.8. The molecule has 2 rings (SSSR count). The van der Waals surface area contributed by atoms with Gasteiger partial charge in [-0.25, -0.2) is 0 Å². The summed E-state index contributed by atoms with van der Waals surface area (Å²) in [6, 6.07) is 3.01. The van der Waals surface area contributed by atoms with Crippen LogP contribution in [0.1, 0.15) is 18.0 Å². The van der Waals surface area contributed by atoms with Crippen LogP contribution in [0.3, 0.4) is 0 Å². The molecule has 2 N–H and O–H groups in total. The monoisotopic (exact) mass is 272 g/mol. The van der Waals surface area contributed by atoms with E-state index < -0.39 is 4.92 Å². The SMILES string of the molecule is N[C@@H]1CCOc2c1cc(Br)cc2[N+](=O)[O-]. The fourth-order valence-corrected chi connectivity index (χ4v) is 2.08. The Hall–Kier alpha value is -1.14. The molecule has 0 amide bonds. The molecular weight excluding hydrogens is 264 g/mol. The van der Waals surface area contributed by atoms with E-state index >= 15 is 0 Å². The summed E-state index contributed by atoms with van der Waals surface area (Å²) in [6.07, 6.45) is 0.681. The lowest BCUT2D eigenvalue weighted by molar-refractivity contribution is -0.386. The molecule has 0 saturated carbocycles. The number of rotatable bonds is 1. The maximum atomic E-state index is 10.8. The molecule has 0 bridgehead atoms. The number of benzene rings is 1. The lowest BCUT2D eigenvalue weighted by Crippen LogP contribution is -2.21. The predicted octanol–water partition coefficient (Wildman–Crippen LogP) is 2.14. The highest BCUT2D eigenvalue weighted by Gasteiger charge is 2.27. The maximum Gasteiger partial charge on any atom is 0.312 e. The van der Waals surface area contributed by atoms with E-state index in [4.69, 9.17) is 10.5 Å². The maximum absolute atomic E-state index is 10.8. The van der Waals surface area contributed by atoms with Crippen LogP contribution in [0.5, 0.6) is 5.75 Å². The van der Waals surface area contributed by atoms with E-state index in [1.54, 1.807) is 6.07 Å². The van der Waals surface area contributed by atoms with Crippen molar-refractivity contribution in [1.29, 1.82) is 0 Å². The van der Waals surface area contributed by atoms with E-state index in [1.165, 1.54) is 6.07 Å². The van der Waals surface area contributed by atoms with Gasteiger partial charge >= 0.3 is 5.69 Å². The molecule has 0 spiro atoms. The summed E-state index contributed by atoms with van der Waals surface area (Å²) in [4.78, 5) is 10.3. The summed E-state index contributed by atoms with van der Waals surface area (Å²) >= 11 is 3.22. The largest absolute Gasteiger partial charge is 0.487 e. The molecule has 0 aliphatic carbocycles. The van der Waals surface area contributed by atoms with Crippen LogP contribution >= 0.6 is 15.9 Å². The molecule has 6 heteroatoms. The smallest absolute Gasteiger partial charge is 0.312 e.